The molecular formula is C19H29N3O2S2. The Morgan fingerprint density at radius 1 is 1.35 bits per heavy atom. The van der Waals surface area contributed by atoms with Crippen LogP contribution in [-0.4, -0.2) is 16.9 Å². The van der Waals surface area contributed by atoms with E-state index in [-0.39, 0.29) is 16.4 Å². The Bertz CT molecular complexity index is 704. The SMILES string of the molecule is CCCCC(=O)NC(=S)Nc1sc2c(c1C(N)=O)CC[C@@H](C(C)(C)C)C2. The number of thiophene rings is 1. The first-order valence-electron chi connectivity index (χ1n) is 9.18. The minimum Gasteiger partial charge on any atom is -0.365 e. The van der Waals surface area contributed by atoms with Gasteiger partial charge in [-0.2, -0.15) is 0 Å². The number of thiocarbonyl (C=S) groups is 1. The molecule has 0 aromatic carbocycles. The third kappa shape index (κ3) is 5.04. The van der Waals surface area contributed by atoms with Gasteiger partial charge < -0.3 is 16.4 Å². The number of amides is 2. The number of fused-ring (bicyclic) bond motifs is 1. The molecule has 1 aromatic rings. The number of carbonyl (C=O) groups excluding carboxylic acids is 2. The van der Waals surface area contributed by atoms with Crippen molar-refractivity contribution < 1.29 is 9.59 Å². The second-order valence-corrected chi connectivity index (χ2v) is 9.50. The number of primary amides is 1. The Kier molecular flexibility index (Phi) is 6.80. The smallest absolute Gasteiger partial charge is 0.251 e. The lowest BCUT2D eigenvalue weighted by molar-refractivity contribution is -0.119. The van der Waals surface area contributed by atoms with Crippen molar-refractivity contribution in [3.63, 3.8) is 0 Å². The van der Waals surface area contributed by atoms with Gasteiger partial charge in [-0.1, -0.05) is 34.1 Å². The molecule has 0 bridgehead atoms. The van der Waals surface area contributed by atoms with Crippen molar-refractivity contribution >= 4 is 45.5 Å². The highest BCUT2D eigenvalue weighted by atomic mass is 32.1. The zero-order chi connectivity index (χ0) is 19.5. The summed E-state index contributed by atoms with van der Waals surface area (Å²) in [6.45, 7) is 8.80. The Hall–Kier alpha value is -1.47. The molecule has 0 aliphatic heterocycles. The van der Waals surface area contributed by atoms with Crippen LogP contribution < -0.4 is 16.4 Å². The summed E-state index contributed by atoms with van der Waals surface area (Å²) >= 11 is 6.78. The van der Waals surface area contributed by atoms with E-state index in [0.717, 1.165) is 37.7 Å². The molecule has 1 aromatic heterocycles. The molecule has 1 aliphatic carbocycles. The molecule has 144 valence electrons. The van der Waals surface area contributed by atoms with E-state index in [1.807, 2.05) is 6.92 Å². The first-order chi connectivity index (χ1) is 12.1. The van der Waals surface area contributed by atoms with Crippen molar-refractivity contribution in [2.45, 2.75) is 66.2 Å². The molecule has 4 N–H and O–H groups in total. The third-order valence-electron chi connectivity index (χ3n) is 4.97. The predicted octanol–water partition coefficient (Wildman–Crippen LogP) is 4.00. The number of hydrogen-bond donors (Lipinski definition) is 3. The maximum atomic E-state index is 12.0. The molecule has 0 saturated heterocycles. The van der Waals surface area contributed by atoms with Crippen LogP contribution in [0, 0.1) is 11.3 Å². The summed E-state index contributed by atoms with van der Waals surface area (Å²) in [4.78, 5) is 25.1. The Balaban J connectivity index is 2.17. The molecule has 0 radical (unpaired) electrons. The minimum atomic E-state index is -0.445. The predicted molar refractivity (Wildman–Crippen MR) is 112 cm³/mol. The summed E-state index contributed by atoms with van der Waals surface area (Å²) < 4.78 is 0. The average Bonchev–Trinajstić information content (AvgIpc) is 2.88. The zero-order valence-electron chi connectivity index (χ0n) is 16.0. The molecule has 1 atom stereocenters. The van der Waals surface area contributed by atoms with Gasteiger partial charge in [0, 0.05) is 11.3 Å². The van der Waals surface area contributed by atoms with E-state index in [1.54, 1.807) is 0 Å². The fourth-order valence-corrected chi connectivity index (χ4v) is 4.95. The van der Waals surface area contributed by atoms with Crippen molar-refractivity contribution in [1.29, 1.82) is 0 Å². The number of carbonyl (C=O) groups is 2. The van der Waals surface area contributed by atoms with Crippen LogP contribution in [0.25, 0.3) is 0 Å². The van der Waals surface area contributed by atoms with Gasteiger partial charge in [-0.3, -0.25) is 9.59 Å². The largest absolute Gasteiger partial charge is 0.365 e. The van der Waals surface area contributed by atoms with Crippen molar-refractivity contribution in [3.8, 4) is 0 Å². The lowest BCUT2D eigenvalue weighted by Crippen LogP contribution is -2.34. The van der Waals surface area contributed by atoms with E-state index in [1.165, 1.54) is 16.2 Å². The maximum Gasteiger partial charge on any atom is 0.251 e. The highest BCUT2D eigenvalue weighted by Gasteiger charge is 2.33. The van der Waals surface area contributed by atoms with Gasteiger partial charge in [0.25, 0.3) is 5.91 Å². The molecule has 0 spiro atoms. The van der Waals surface area contributed by atoms with E-state index in [0.29, 0.717) is 22.9 Å². The molecule has 0 fully saturated rings. The van der Waals surface area contributed by atoms with Gasteiger partial charge >= 0.3 is 0 Å². The number of nitrogens with one attached hydrogen (secondary N) is 2. The van der Waals surface area contributed by atoms with Gasteiger partial charge in [-0.25, -0.2) is 0 Å². The second-order valence-electron chi connectivity index (χ2n) is 7.98. The Labute approximate surface area is 165 Å². The molecule has 2 rings (SSSR count). The van der Waals surface area contributed by atoms with Crippen molar-refractivity contribution in [1.82, 2.24) is 5.32 Å². The number of nitrogens with two attached hydrogens (primary N) is 1. The van der Waals surface area contributed by atoms with Crippen LogP contribution in [0.5, 0.6) is 0 Å². The number of hydrogen-bond acceptors (Lipinski definition) is 4. The number of anilines is 1. The lowest BCUT2D eigenvalue weighted by Gasteiger charge is -2.33. The zero-order valence-corrected chi connectivity index (χ0v) is 17.7. The van der Waals surface area contributed by atoms with Crippen LogP contribution >= 0.6 is 23.6 Å². The molecule has 5 nitrogen and oxygen atoms in total. The quantitative estimate of drug-likeness (QED) is 0.658. The van der Waals surface area contributed by atoms with Crippen molar-refractivity contribution in [2.24, 2.45) is 17.1 Å². The summed E-state index contributed by atoms with van der Waals surface area (Å²) in [5.41, 5.74) is 7.45. The molecule has 2 amide bonds. The van der Waals surface area contributed by atoms with Gasteiger partial charge in [0.2, 0.25) is 5.91 Å². The van der Waals surface area contributed by atoms with Crippen LogP contribution in [-0.2, 0) is 17.6 Å². The second kappa shape index (κ2) is 8.48. The topological polar surface area (TPSA) is 84.2 Å². The van der Waals surface area contributed by atoms with Gasteiger partial charge in [-0.15, -0.1) is 11.3 Å². The van der Waals surface area contributed by atoms with E-state index in [4.69, 9.17) is 18.0 Å². The summed E-state index contributed by atoms with van der Waals surface area (Å²) in [7, 11) is 0. The van der Waals surface area contributed by atoms with Crippen LogP contribution in [0.15, 0.2) is 0 Å². The number of rotatable bonds is 5. The van der Waals surface area contributed by atoms with Gasteiger partial charge in [0.15, 0.2) is 5.11 Å². The molecule has 0 unspecified atom stereocenters. The Morgan fingerprint density at radius 2 is 2.04 bits per heavy atom. The van der Waals surface area contributed by atoms with Gasteiger partial charge in [0.05, 0.1) is 5.56 Å². The summed E-state index contributed by atoms with van der Waals surface area (Å²) in [5, 5.41) is 6.58. The fourth-order valence-electron chi connectivity index (χ4n) is 3.33. The average molecular weight is 396 g/mol. The third-order valence-corrected chi connectivity index (χ3v) is 6.35. The summed E-state index contributed by atoms with van der Waals surface area (Å²) in [6.07, 6.45) is 5.05. The molecular weight excluding hydrogens is 366 g/mol. The van der Waals surface area contributed by atoms with E-state index in [2.05, 4.69) is 31.4 Å². The van der Waals surface area contributed by atoms with Crippen molar-refractivity contribution in [3.05, 3.63) is 16.0 Å². The molecule has 1 heterocycles. The maximum absolute atomic E-state index is 12.0. The van der Waals surface area contributed by atoms with Crippen molar-refractivity contribution in [2.75, 3.05) is 5.32 Å². The van der Waals surface area contributed by atoms with E-state index in [9.17, 15) is 9.59 Å². The van der Waals surface area contributed by atoms with E-state index >= 15 is 0 Å². The molecule has 1 aliphatic rings. The molecule has 0 saturated carbocycles. The monoisotopic (exact) mass is 395 g/mol. The van der Waals surface area contributed by atoms with Gasteiger partial charge in [0.1, 0.15) is 5.00 Å². The van der Waals surface area contributed by atoms with Crippen LogP contribution in [0.1, 0.15) is 74.2 Å². The van der Waals surface area contributed by atoms with Gasteiger partial charge in [-0.05, 0) is 54.8 Å². The summed E-state index contributed by atoms with van der Waals surface area (Å²) in [6, 6.07) is 0. The van der Waals surface area contributed by atoms with E-state index < -0.39 is 5.91 Å². The highest BCUT2D eigenvalue weighted by molar-refractivity contribution is 7.80. The van der Waals surface area contributed by atoms with Crippen LogP contribution in [0.4, 0.5) is 5.00 Å². The van der Waals surface area contributed by atoms with Crippen LogP contribution in [0.2, 0.25) is 0 Å². The standard InChI is InChI=1S/C19H29N3O2S2/c1-5-6-7-14(23)21-18(25)22-17-15(16(20)24)12-9-8-11(19(2,3)4)10-13(12)26-17/h11H,5-10H2,1-4H3,(H2,20,24)(H2,21,22,23,25)/t11-/m1/s1. The molecule has 7 heteroatoms. The fraction of sp³-hybridized carbons (Fsp3) is 0.632. The Morgan fingerprint density at radius 3 is 2.62 bits per heavy atom. The molecule has 26 heavy (non-hydrogen) atoms. The minimum absolute atomic E-state index is 0.112. The number of unbranched alkanes of at least 4 members (excludes halogenated alkanes) is 1. The highest BCUT2D eigenvalue weighted by Crippen LogP contribution is 2.44. The lowest BCUT2D eigenvalue weighted by atomic mass is 9.72. The first kappa shape index (κ1) is 20.8. The van der Waals surface area contributed by atoms with Crippen LogP contribution in [0.3, 0.4) is 0 Å². The normalized spacial score (nSPS) is 16.7. The first-order valence-corrected chi connectivity index (χ1v) is 10.4. The summed E-state index contributed by atoms with van der Waals surface area (Å²) in [5.74, 6) is 0.0151.